The zero-order valence-electron chi connectivity index (χ0n) is 20.5. The van der Waals surface area contributed by atoms with E-state index in [1.807, 2.05) is 60.7 Å². The van der Waals surface area contributed by atoms with Crippen LogP contribution in [0.5, 0.6) is 23.2 Å². The molecule has 0 radical (unpaired) electrons. The molecule has 0 unspecified atom stereocenters. The Bertz CT molecular complexity index is 1600. The average molecular weight is 547 g/mol. The predicted molar refractivity (Wildman–Crippen MR) is 152 cm³/mol. The second kappa shape index (κ2) is 11.6. The summed E-state index contributed by atoms with van der Waals surface area (Å²) in [5.41, 5.74) is 1.45. The van der Waals surface area contributed by atoms with Gasteiger partial charge in [-0.25, -0.2) is 4.98 Å². The summed E-state index contributed by atoms with van der Waals surface area (Å²) in [5.74, 6) is 1.66. The zero-order valence-corrected chi connectivity index (χ0v) is 22.0. The number of aromatic nitrogens is 1. The van der Waals surface area contributed by atoms with Gasteiger partial charge in [0.05, 0.1) is 28.6 Å². The summed E-state index contributed by atoms with van der Waals surface area (Å²) in [6.45, 7) is 2.79. The normalized spacial score (nSPS) is 11.3. The first-order chi connectivity index (χ1) is 18.5. The number of hydrogen-bond acceptors (Lipinski definition) is 6. The molecule has 0 saturated heterocycles. The second-order valence-electron chi connectivity index (χ2n) is 8.51. The van der Waals surface area contributed by atoms with E-state index in [2.05, 4.69) is 16.9 Å². The van der Waals surface area contributed by atoms with Crippen LogP contribution in [0.3, 0.4) is 0 Å². The van der Waals surface area contributed by atoms with Crippen molar-refractivity contribution in [3.05, 3.63) is 94.6 Å². The van der Waals surface area contributed by atoms with Crippen molar-refractivity contribution < 1.29 is 19.0 Å². The Morgan fingerprint density at radius 1 is 0.974 bits per heavy atom. The molecule has 0 aliphatic rings. The van der Waals surface area contributed by atoms with Crippen molar-refractivity contribution in [2.45, 2.75) is 19.8 Å². The van der Waals surface area contributed by atoms with Gasteiger partial charge in [0.15, 0.2) is 5.69 Å². The molecule has 1 aromatic heterocycles. The van der Waals surface area contributed by atoms with Crippen LogP contribution in [0, 0.1) is 0 Å². The number of nitrogens with zero attached hydrogens (tertiary/aromatic N) is 2. The minimum atomic E-state index is -0.330. The van der Waals surface area contributed by atoms with Gasteiger partial charge in [-0.1, -0.05) is 66.9 Å². The van der Waals surface area contributed by atoms with Crippen LogP contribution in [-0.2, 0) is 0 Å². The van der Waals surface area contributed by atoms with Gasteiger partial charge in [-0.2, -0.15) is 0 Å². The van der Waals surface area contributed by atoms with E-state index in [0.717, 1.165) is 29.4 Å². The fourth-order valence-corrected chi connectivity index (χ4v) is 4.25. The standard InChI is InChI=1S/C30H24Cl2N2O4/c1-2-3-16-36-22-12-8-20(9-13-22)29-34-25(30(35)38-29)18-33-21-11-15-26(24(31)17-21)37-27-14-10-19-6-4-5-7-23(19)28(27)32/h4-15,17-18,35H,2-3,16H2,1H3. The maximum Gasteiger partial charge on any atom is 0.312 e. The molecule has 38 heavy (non-hydrogen) atoms. The maximum atomic E-state index is 10.2. The number of fused-ring (bicyclic) bond motifs is 1. The molecule has 8 heteroatoms. The van der Waals surface area contributed by atoms with E-state index in [-0.39, 0.29) is 17.5 Å². The van der Waals surface area contributed by atoms with Crippen LogP contribution in [0.2, 0.25) is 10.0 Å². The summed E-state index contributed by atoms with van der Waals surface area (Å²) in [5, 5.41) is 13.0. The lowest BCUT2D eigenvalue weighted by atomic mass is 10.1. The number of ether oxygens (including phenoxy) is 2. The van der Waals surface area contributed by atoms with Gasteiger partial charge in [0.2, 0.25) is 5.89 Å². The van der Waals surface area contributed by atoms with Crippen molar-refractivity contribution in [3.8, 4) is 34.6 Å². The van der Waals surface area contributed by atoms with Crippen LogP contribution in [0.4, 0.5) is 5.69 Å². The average Bonchev–Trinajstić information content (AvgIpc) is 3.31. The molecule has 0 spiro atoms. The molecule has 0 atom stereocenters. The maximum absolute atomic E-state index is 10.2. The Labute approximate surface area is 230 Å². The number of hydrogen-bond donors (Lipinski definition) is 1. The highest BCUT2D eigenvalue weighted by atomic mass is 35.5. The van der Waals surface area contributed by atoms with Gasteiger partial charge < -0.3 is 19.0 Å². The first-order valence-corrected chi connectivity index (χ1v) is 12.9. The van der Waals surface area contributed by atoms with Crippen molar-refractivity contribution >= 4 is 45.9 Å². The van der Waals surface area contributed by atoms with Gasteiger partial charge in [-0.05, 0) is 60.3 Å². The minimum Gasteiger partial charge on any atom is -0.494 e. The molecule has 0 aliphatic heterocycles. The van der Waals surface area contributed by atoms with Gasteiger partial charge in [0.1, 0.15) is 17.2 Å². The minimum absolute atomic E-state index is 0.197. The number of rotatable bonds is 9. The number of aromatic hydroxyl groups is 1. The molecular formula is C30H24Cl2N2O4. The Balaban J connectivity index is 1.29. The van der Waals surface area contributed by atoms with Gasteiger partial charge >= 0.3 is 5.95 Å². The summed E-state index contributed by atoms with van der Waals surface area (Å²) in [4.78, 5) is 8.73. The van der Waals surface area contributed by atoms with Crippen molar-refractivity contribution in [1.29, 1.82) is 0 Å². The van der Waals surface area contributed by atoms with E-state index in [4.69, 9.17) is 37.1 Å². The third kappa shape index (κ3) is 5.77. The molecule has 0 saturated carbocycles. The fraction of sp³-hybridized carbons (Fsp3) is 0.133. The van der Waals surface area contributed by atoms with Gasteiger partial charge in [0, 0.05) is 10.9 Å². The third-order valence-electron chi connectivity index (χ3n) is 5.80. The van der Waals surface area contributed by atoms with E-state index >= 15 is 0 Å². The summed E-state index contributed by atoms with van der Waals surface area (Å²) in [6.07, 6.45) is 3.48. The Kier molecular flexibility index (Phi) is 7.82. The molecule has 6 nitrogen and oxygen atoms in total. The number of aliphatic imine (C=N–C) groups is 1. The molecule has 0 aliphatic carbocycles. The van der Waals surface area contributed by atoms with Gasteiger partial charge in [-0.15, -0.1) is 0 Å². The molecule has 5 rings (SSSR count). The number of benzene rings is 4. The Hall–Kier alpha value is -4.00. The molecule has 5 aromatic rings. The number of oxazole rings is 1. The summed E-state index contributed by atoms with van der Waals surface area (Å²) < 4.78 is 17.1. The van der Waals surface area contributed by atoms with Crippen LogP contribution in [0.25, 0.3) is 22.2 Å². The summed E-state index contributed by atoms with van der Waals surface area (Å²) in [7, 11) is 0. The molecule has 1 N–H and O–H groups in total. The van der Waals surface area contributed by atoms with E-state index in [0.29, 0.717) is 39.4 Å². The van der Waals surface area contributed by atoms with E-state index in [1.54, 1.807) is 18.2 Å². The first kappa shape index (κ1) is 25.6. The first-order valence-electron chi connectivity index (χ1n) is 12.1. The smallest absolute Gasteiger partial charge is 0.312 e. The highest BCUT2D eigenvalue weighted by molar-refractivity contribution is 6.37. The molecular weight excluding hydrogens is 523 g/mol. The van der Waals surface area contributed by atoms with E-state index in [9.17, 15) is 5.11 Å². The van der Waals surface area contributed by atoms with Crippen LogP contribution >= 0.6 is 23.2 Å². The second-order valence-corrected chi connectivity index (χ2v) is 9.29. The highest BCUT2D eigenvalue weighted by Crippen LogP contribution is 2.39. The highest BCUT2D eigenvalue weighted by Gasteiger charge is 2.14. The van der Waals surface area contributed by atoms with Crippen molar-refractivity contribution in [3.63, 3.8) is 0 Å². The molecule has 4 aromatic carbocycles. The number of halogens is 2. The lowest BCUT2D eigenvalue weighted by molar-refractivity contribution is 0.309. The zero-order chi connectivity index (χ0) is 26.5. The van der Waals surface area contributed by atoms with E-state index in [1.165, 1.54) is 6.21 Å². The monoisotopic (exact) mass is 546 g/mol. The third-order valence-corrected chi connectivity index (χ3v) is 6.49. The van der Waals surface area contributed by atoms with Crippen LogP contribution in [0.1, 0.15) is 25.5 Å². The molecule has 0 amide bonds. The van der Waals surface area contributed by atoms with Crippen LogP contribution in [0.15, 0.2) is 88.3 Å². The number of unbranched alkanes of at least 4 members (excludes halogenated alkanes) is 1. The van der Waals surface area contributed by atoms with Crippen molar-refractivity contribution in [2.24, 2.45) is 4.99 Å². The van der Waals surface area contributed by atoms with Crippen molar-refractivity contribution in [2.75, 3.05) is 6.61 Å². The van der Waals surface area contributed by atoms with Gasteiger partial charge in [0.25, 0.3) is 0 Å². The largest absolute Gasteiger partial charge is 0.494 e. The SMILES string of the molecule is CCCCOc1ccc(-c2nc(C=Nc3ccc(Oc4ccc5ccccc5c4Cl)c(Cl)c3)c(O)o2)cc1. The molecule has 1 heterocycles. The quantitative estimate of drug-likeness (QED) is 0.147. The summed E-state index contributed by atoms with van der Waals surface area (Å²) in [6, 6.07) is 24.0. The van der Waals surface area contributed by atoms with Gasteiger partial charge in [-0.3, -0.25) is 4.99 Å². The van der Waals surface area contributed by atoms with E-state index < -0.39 is 0 Å². The topological polar surface area (TPSA) is 77.1 Å². The Morgan fingerprint density at radius 3 is 2.55 bits per heavy atom. The fourth-order valence-electron chi connectivity index (χ4n) is 3.76. The van der Waals surface area contributed by atoms with Crippen LogP contribution in [-0.4, -0.2) is 22.9 Å². The van der Waals surface area contributed by atoms with Crippen LogP contribution < -0.4 is 9.47 Å². The molecule has 0 fully saturated rings. The molecule has 192 valence electrons. The molecule has 0 bridgehead atoms. The summed E-state index contributed by atoms with van der Waals surface area (Å²) >= 11 is 13.0. The lowest BCUT2D eigenvalue weighted by Crippen LogP contribution is -1.95. The van der Waals surface area contributed by atoms with Crippen molar-refractivity contribution in [1.82, 2.24) is 4.98 Å². The Morgan fingerprint density at radius 2 is 1.76 bits per heavy atom. The predicted octanol–water partition coefficient (Wildman–Crippen LogP) is 9.23. The lowest BCUT2D eigenvalue weighted by Gasteiger charge is -2.11.